The highest BCUT2D eigenvalue weighted by atomic mass is 16.5. The first-order chi connectivity index (χ1) is 9.29. The molecule has 2 rings (SSSR count). The van der Waals surface area contributed by atoms with Gasteiger partial charge in [-0.25, -0.2) is 4.79 Å². The molecule has 0 aromatic carbocycles. The van der Waals surface area contributed by atoms with Crippen molar-refractivity contribution in [2.75, 3.05) is 13.7 Å². The molecule has 0 radical (unpaired) electrons. The molecular formula is C12H15N5O2. The van der Waals surface area contributed by atoms with E-state index >= 15 is 0 Å². The molecule has 2 aromatic heterocycles. The molecule has 0 bridgehead atoms. The van der Waals surface area contributed by atoms with Gasteiger partial charge in [-0.15, -0.1) is 5.10 Å². The minimum atomic E-state index is -0.377. The second-order valence-corrected chi connectivity index (χ2v) is 3.87. The van der Waals surface area contributed by atoms with Gasteiger partial charge < -0.3 is 10.1 Å². The van der Waals surface area contributed by atoms with Crippen LogP contribution in [0, 0.1) is 0 Å². The van der Waals surface area contributed by atoms with Gasteiger partial charge in [0.2, 0.25) is 0 Å². The number of carbonyl (C=O) groups is 1. The molecule has 0 aliphatic heterocycles. The van der Waals surface area contributed by atoms with Gasteiger partial charge in [0, 0.05) is 25.5 Å². The molecule has 0 amide bonds. The molecule has 100 valence electrons. The molecule has 0 saturated carbocycles. The van der Waals surface area contributed by atoms with E-state index in [9.17, 15) is 4.79 Å². The Morgan fingerprint density at radius 1 is 1.47 bits per heavy atom. The van der Waals surface area contributed by atoms with Crippen LogP contribution in [-0.2, 0) is 17.8 Å². The van der Waals surface area contributed by atoms with E-state index < -0.39 is 0 Å². The van der Waals surface area contributed by atoms with Crippen molar-refractivity contribution in [1.82, 2.24) is 25.3 Å². The maximum Gasteiger partial charge on any atom is 0.339 e. The topological polar surface area (TPSA) is 81.9 Å². The summed E-state index contributed by atoms with van der Waals surface area (Å²) < 4.78 is 6.36. The molecule has 7 nitrogen and oxygen atoms in total. The lowest BCUT2D eigenvalue weighted by atomic mass is 10.2. The molecule has 2 heterocycles. The highest BCUT2D eigenvalue weighted by Crippen LogP contribution is 2.01. The lowest BCUT2D eigenvalue weighted by Crippen LogP contribution is -2.20. The number of nitrogens with zero attached hydrogens (tertiary/aromatic N) is 4. The summed E-state index contributed by atoms with van der Waals surface area (Å²) >= 11 is 0. The van der Waals surface area contributed by atoms with Gasteiger partial charge in [-0.3, -0.25) is 9.67 Å². The fraction of sp³-hybridized carbons (Fsp3) is 0.333. The molecule has 1 N–H and O–H groups in total. The van der Waals surface area contributed by atoms with Gasteiger partial charge in [0.15, 0.2) is 0 Å². The highest BCUT2D eigenvalue weighted by Gasteiger charge is 2.04. The molecule has 0 atom stereocenters. The Morgan fingerprint density at radius 2 is 2.37 bits per heavy atom. The summed E-state index contributed by atoms with van der Waals surface area (Å²) in [4.78, 5) is 15.4. The normalized spacial score (nSPS) is 10.4. The van der Waals surface area contributed by atoms with Crippen LogP contribution in [0.4, 0.5) is 0 Å². The predicted molar refractivity (Wildman–Crippen MR) is 67.3 cm³/mol. The largest absolute Gasteiger partial charge is 0.465 e. The van der Waals surface area contributed by atoms with Crippen LogP contribution in [0.5, 0.6) is 0 Å². The van der Waals surface area contributed by atoms with Gasteiger partial charge in [0.25, 0.3) is 0 Å². The third kappa shape index (κ3) is 3.85. The second-order valence-electron chi connectivity index (χ2n) is 3.87. The minimum absolute atomic E-state index is 0.377. The number of esters is 1. The molecule has 0 saturated heterocycles. The van der Waals surface area contributed by atoms with E-state index in [0.717, 1.165) is 18.8 Å². The molecular weight excluding hydrogens is 246 g/mol. The zero-order valence-corrected chi connectivity index (χ0v) is 10.6. The average molecular weight is 261 g/mol. The Balaban J connectivity index is 1.75. The van der Waals surface area contributed by atoms with Gasteiger partial charge in [-0.1, -0.05) is 5.21 Å². The molecule has 0 aliphatic rings. The van der Waals surface area contributed by atoms with E-state index in [0.29, 0.717) is 12.1 Å². The molecule has 0 unspecified atom stereocenters. The van der Waals surface area contributed by atoms with Gasteiger partial charge in [0.1, 0.15) is 0 Å². The fourth-order valence-corrected chi connectivity index (χ4v) is 1.53. The van der Waals surface area contributed by atoms with E-state index in [1.807, 2.05) is 6.20 Å². The zero-order chi connectivity index (χ0) is 13.5. The van der Waals surface area contributed by atoms with Gasteiger partial charge in [-0.2, -0.15) is 0 Å². The van der Waals surface area contributed by atoms with E-state index in [1.54, 1.807) is 23.0 Å². The number of rotatable bonds is 6. The van der Waals surface area contributed by atoms with Crippen LogP contribution in [0.3, 0.4) is 0 Å². The molecule has 19 heavy (non-hydrogen) atoms. The maximum absolute atomic E-state index is 11.2. The predicted octanol–water partition coefficient (Wildman–Crippen LogP) is 0.249. The van der Waals surface area contributed by atoms with Crippen LogP contribution in [0.15, 0.2) is 30.7 Å². The third-order valence-corrected chi connectivity index (χ3v) is 2.54. The summed E-state index contributed by atoms with van der Waals surface area (Å²) in [7, 11) is 1.35. The zero-order valence-electron chi connectivity index (χ0n) is 10.6. The van der Waals surface area contributed by atoms with Gasteiger partial charge in [0.05, 0.1) is 31.1 Å². The number of ether oxygens (including phenoxy) is 1. The smallest absolute Gasteiger partial charge is 0.339 e. The van der Waals surface area contributed by atoms with Crippen molar-refractivity contribution in [2.45, 2.75) is 13.1 Å². The molecule has 0 spiro atoms. The molecule has 0 aliphatic carbocycles. The lowest BCUT2D eigenvalue weighted by molar-refractivity contribution is 0.0600. The standard InChI is InChI=1S/C12H15N5O2/c1-19-12(18)10-2-3-11(14-8-10)9-13-4-6-17-7-5-15-16-17/h2-3,5,7-8,13H,4,6,9H2,1H3. The Bertz CT molecular complexity index is 509. The van der Waals surface area contributed by atoms with Crippen molar-refractivity contribution in [3.63, 3.8) is 0 Å². The van der Waals surface area contributed by atoms with E-state index in [1.165, 1.54) is 13.3 Å². The summed E-state index contributed by atoms with van der Waals surface area (Å²) in [6, 6.07) is 3.50. The maximum atomic E-state index is 11.2. The highest BCUT2D eigenvalue weighted by molar-refractivity contribution is 5.88. The van der Waals surface area contributed by atoms with Crippen LogP contribution < -0.4 is 5.32 Å². The fourth-order valence-electron chi connectivity index (χ4n) is 1.53. The summed E-state index contributed by atoms with van der Waals surface area (Å²) in [5, 5.41) is 10.8. The number of methoxy groups -OCH3 is 1. The van der Waals surface area contributed by atoms with Crippen LogP contribution >= 0.6 is 0 Å². The molecule has 2 aromatic rings. The van der Waals surface area contributed by atoms with E-state index in [2.05, 4.69) is 25.3 Å². The van der Waals surface area contributed by atoms with Crippen molar-refractivity contribution in [3.8, 4) is 0 Å². The number of hydrogen-bond donors (Lipinski definition) is 1. The number of nitrogens with one attached hydrogen (secondary N) is 1. The second kappa shape index (κ2) is 6.60. The Hall–Kier alpha value is -2.28. The average Bonchev–Trinajstić information content (AvgIpc) is 2.96. The molecule has 0 fully saturated rings. The first-order valence-electron chi connectivity index (χ1n) is 5.87. The Labute approximate surface area is 110 Å². The molecule has 7 heteroatoms. The number of carbonyl (C=O) groups excluding carboxylic acids is 1. The van der Waals surface area contributed by atoms with Crippen molar-refractivity contribution in [1.29, 1.82) is 0 Å². The summed E-state index contributed by atoms with van der Waals surface area (Å²) in [6.07, 6.45) is 4.97. The summed E-state index contributed by atoms with van der Waals surface area (Å²) in [5.74, 6) is -0.377. The van der Waals surface area contributed by atoms with Crippen molar-refractivity contribution < 1.29 is 9.53 Å². The van der Waals surface area contributed by atoms with Crippen molar-refractivity contribution in [3.05, 3.63) is 42.0 Å². The van der Waals surface area contributed by atoms with Crippen LogP contribution in [0.1, 0.15) is 16.1 Å². The van der Waals surface area contributed by atoms with Crippen LogP contribution in [-0.4, -0.2) is 39.6 Å². The van der Waals surface area contributed by atoms with Gasteiger partial charge >= 0.3 is 5.97 Å². The first kappa shape index (κ1) is 13.2. The summed E-state index contributed by atoms with van der Waals surface area (Å²) in [5.41, 5.74) is 1.32. The van der Waals surface area contributed by atoms with Crippen molar-refractivity contribution in [2.24, 2.45) is 0 Å². The first-order valence-corrected chi connectivity index (χ1v) is 5.87. The van der Waals surface area contributed by atoms with Crippen LogP contribution in [0.2, 0.25) is 0 Å². The third-order valence-electron chi connectivity index (χ3n) is 2.54. The SMILES string of the molecule is COC(=O)c1ccc(CNCCn2ccnn2)nc1. The van der Waals surface area contributed by atoms with Crippen molar-refractivity contribution >= 4 is 5.97 Å². The number of pyridine rings is 1. The van der Waals surface area contributed by atoms with Crippen LogP contribution in [0.25, 0.3) is 0 Å². The lowest BCUT2D eigenvalue weighted by Gasteiger charge is -2.05. The van der Waals surface area contributed by atoms with Gasteiger partial charge in [-0.05, 0) is 12.1 Å². The Kier molecular flexibility index (Phi) is 4.57. The minimum Gasteiger partial charge on any atom is -0.465 e. The number of hydrogen-bond acceptors (Lipinski definition) is 6. The monoisotopic (exact) mass is 261 g/mol. The quantitative estimate of drug-likeness (QED) is 0.593. The Morgan fingerprint density at radius 3 is 3.00 bits per heavy atom. The summed E-state index contributed by atoms with van der Waals surface area (Å²) in [6.45, 7) is 2.15. The van der Waals surface area contributed by atoms with E-state index in [4.69, 9.17) is 0 Å². The van der Waals surface area contributed by atoms with E-state index in [-0.39, 0.29) is 5.97 Å². The number of aromatic nitrogens is 4.